The van der Waals surface area contributed by atoms with Crippen molar-refractivity contribution in [1.29, 1.82) is 5.26 Å². The van der Waals surface area contributed by atoms with Gasteiger partial charge in [-0.25, -0.2) is 0 Å². The van der Waals surface area contributed by atoms with Gasteiger partial charge in [0.05, 0.1) is 10.6 Å². The molecule has 2 aromatic carbocycles. The molecule has 1 N–H and O–H groups in total. The molecule has 0 saturated heterocycles. The van der Waals surface area contributed by atoms with Gasteiger partial charge in [0.15, 0.2) is 0 Å². The molecule has 0 bridgehead atoms. The lowest BCUT2D eigenvalue weighted by Gasteiger charge is -2.07. The zero-order valence-corrected chi connectivity index (χ0v) is 13.2. The SMILES string of the molecule is Cc1ccc(/C=C(\C#N)C(=O)Nc2cc([N+](=O)[O-])ccc2C)cc1. The minimum absolute atomic E-state index is 0.0789. The summed E-state index contributed by atoms with van der Waals surface area (Å²) in [5, 5.41) is 22.6. The van der Waals surface area contributed by atoms with Crippen molar-refractivity contribution in [2.24, 2.45) is 0 Å². The maximum Gasteiger partial charge on any atom is 0.271 e. The topological polar surface area (TPSA) is 96.0 Å². The molecule has 0 atom stereocenters. The van der Waals surface area contributed by atoms with E-state index in [2.05, 4.69) is 5.32 Å². The van der Waals surface area contributed by atoms with Crippen LogP contribution in [0.15, 0.2) is 48.0 Å². The molecular formula is C18H15N3O3. The highest BCUT2D eigenvalue weighted by Crippen LogP contribution is 2.22. The van der Waals surface area contributed by atoms with Crippen LogP contribution in [0.25, 0.3) is 6.08 Å². The van der Waals surface area contributed by atoms with Crippen LogP contribution in [0.3, 0.4) is 0 Å². The minimum Gasteiger partial charge on any atom is -0.321 e. The van der Waals surface area contributed by atoms with Gasteiger partial charge in [0, 0.05) is 12.1 Å². The summed E-state index contributed by atoms with van der Waals surface area (Å²) in [6.07, 6.45) is 1.47. The molecular weight excluding hydrogens is 306 g/mol. The highest BCUT2D eigenvalue weighted by atomic mass is 16.6. The number of carbonyl (C=O) groups is 1. The Morgan fingerprint density at radius 1 is 1.21 bits per heavy atom. The van der Waals surface area contributed by atoms with Gasteiger partial charge in [-0.2, -0.15) is 5.26 Å². The van der Waals surface area contributed by atoms with E-state index < -0.39 is 10.8 Å². The van der Waals surface area contributed by atoms with Crippen LogP contribution in [-0.4, -0.2) is 10.8 Å². The van der Waals surface area contributed by atoms with Crippen LogP contribution in [0.1, 0.15) is 16.7 Å². The number of nitro groups is 1. The number of benzene rings is 2. The Balaban J connectivity index is 2.27. The standard InChI is InChI=1S/C18H15N3O3/c1-12-3-6-14(7-4-12)9-15(11-19)18(22)20-17-10-16(21(23)24)8-5-13(17)2/h3-10H,1-2H3,(H,20,22)/b15-9+. The van der Waals surface area contributed by atoms with E-state index in [1.165, 1.54) is 18.2 Å². The predicted molar refractivity (Wildman–Crippen MR) is 91.2 cm³/mol. The number of non-ortho nitro benzene ring substituents is 1. The van der Waals surface area contributed by atoms with E-state index in [1.807, 2.05) is 25.1 Å². The Kier molecular flexibility index (Phi) is 5.07. The number of amides is 1. The summed E-state index contributed by atoms with van der Waals surface area (Å²) in [5.41, 5.74) is 2.56. The fourth-order valence-corrected chi connectivity index (χ4v) is 2.03. The van der Waals surface area contributed by atoms with Crippen LogP contribution in [0, 0.1) is 35.3 Å². The summed E-state index contributed by atoms with van der Waals surface area (Å²) < 4.78 is 0. The summed E-state index contributed by atoms with van der Waals surface area (Å²) in [7, 11) is 0. The zero-order chi connectivity index (χ0) is 17.7. The molecule has 6 nitrogen and oxygen atoms in total. The second-order valence-electron chi connectivity index (χ2n) is 5.29. The van der Waals surface area contributed by atoms with Crippen molar-refractivity contribution in [3.05, 3.63) is 74.8 Å². The number of hydrogen-bond donors (Lipinski definition) is 1. The molecule has 0 aliphatic rings. The van der Waals surface area contributed by atoms with E-state index >= 15 is 0 Å². The maximum atomic E-state index is 12.3. The summed E-state index contributed by atoms with van der Waals surface area (Å²) in [5.74, 6) is -0.610. The fraction of sp³-hybridized carbons (Fsp3) is 0.111. The lowest BCUT2D eigenvalue weighted by atomic mass is 10.1. The number of aryl methyl sites for hydroxylation is 2. The van der Waals surface area contributed by atoms with E-state index in [9.17, 15) is 20.2 Å². The molecule has 120 valence electrons. The van der Waals surface area contributed by atoms with Gasteiger partial charge in [-0.1, -0.05) is 35.9 Å². The average Bonchev–Trinajstić information content (AvgIpc) is 2.56. The summed E-state index contributed by atoms with van der Waals surface area (Å²) >= 11 is 0. The molecule has 0 spiro atoms. The van der Waals surface area contributed by atoms with Crippen molar-refractivity contribution in [2.45, 2.75) is 13.8 Å². The van der Waals surface area contributed by atoms with E-state index in [0.29, 0.717) is 11.3 Å². The first-order chi connectivity index (χ1) is 11.4. The van der Waals surface area contributed by atoms with Crippen LogP contribution in [0.4, 0.5) is 11.4 Å². The van der Waals surface area contributed by atoms with Gasteiger partial charge < -0.3 is 5.32 Å². The molecule has 2 aromatic rings. The number of rotatable bonds is 4. The minimum atomic E-state index is -0.610. The smallest absolute Gasteiger partial charge is 0.271 e. The first kappa shape index (κ1) is 16.9. The van der Waals surface area contributed by atoms with Crippen LogP contribution in [0.2, 0.25) is 0 Å². The maximum absolute atomic E-state index is 12.3. The number of nitrogens with zero attached hydrogens (tertiary/aromatic N) is 2. The van der Waals surface area contributed by atoms with Crippen LogP contribution in [-0.2, 0) is 4.79 Å². The summed E-state index contributed by atoms with van der Waals surface area (Å²) in [6.45, 7) is 3.66. The molecule has 1 amide bonds. The second kappa shape index (κ2) is 7.20. The van der Waals surface area contributed by atoms with Gasteiger partial charge in [-0.15, -0.1) is 0 Å². The molecule has 0 aliphatic heterocycles. The number of nitro benzene ring substituents is 1. The Labute approximate surface area is 139 Å². The van der Waals surface area contributed by atoms with E-state index in [-0.39, 0.29) is 11.3 Å². The summed E-state index contributed by atoms with van der Waals surface area (Å²) in [4.78, 5) is 22.6. The number of carbonyl (C=O) groups excluding carboxylic acids is 1. The van der Waals surface area contributed by atoms with Crippen LogP contribution in [0.5, 0.6) is 0 Å². The van der Waals surface area contributed by atoms with E-state index in [1.54, 1.807) is 25.1 Å². The van der Waals surface area contributed by atoms with Crippen molar-refractivity contribution in [2.75, 3.05) is 5.32 Å². The van der Waals surface area contributed by atoms with Gasteiger partial charge in [-0.05, 0) is 31.1 Å². The van der Waals surface area contributed by atoms with Gasteiger partial charge >= 0.3 is 0 Å². The van der Waals surface area contributed by atoms with Gasteiger partial charge in [-0.3, -0.25) is 14.9 Å². The predicted octanol–water partition coefficient (Wildman–Crippen LogP) is 3.76. The number of nitrogens with one attached hydrogen (secondary N) is 1. The molecule has 6 heteroatoms. The largest absolute Gasteiger partial charge is 0.321 e. The molecule has 24 heavy (non-hydrogen) atoms. The molecule has 0 radical (unpaired) electrons. The normalized spacial score (nSPS) is 10.8. The van der Waals surface area contributed by atoms with Gasteiger partial charge in [0.1, 0.15) is 11.6 Å². The second-order valence-corrected chi connectivity index (χ2v) is 5.29. The molecule has 0 fully saturated rings. The lowest BCUT2D eigenvalue weighted by Crippen LogP contribution is -2.14. The number of hydrogen-bond acceptors (Lipinski definition) is 4. The third-order valence-corrected chi connectivity index (χ3v) is 3.43. The highest BCUT2D eigenvalue weighted by Gasteiger charge is 2.14. The monoisotopic (exact) mass is 321 g/mol. The Morgan fingerprint density at radius 3 is 2.46 bits per heavy atom. The Hall–Kier alpha value is -3.46. The Morgan fingerprint density at radius 2 is 1.88 bits per heavy atom. The van der Waals surface area contributed by atoms with Crippen molar-refractivity contribution in [1.82, 2.24) is 0 Å². The van der Waals surface area contributed by atoms with Crippen molar-refractivity contribution in [3.63, 3.8) is 0 Å². The molecule has 0 heterocycles. The molecule has 0 unspecified atom stereocenters. The fourth-order valence-electron chi connectivity index (χ4n) is 2.03. The zero-order valence-electron chi connectivity index (χ0n) is 13.2. The molecule has 2 rings (SSSR count). The highest BCUT2D eigenvalue weighted by molar-refractivity contribution is 6.10. The van der Waals surface area contributed by atoms with Crippen molar-refractivity contribution >= 4 is 23.4 Å². The Bertz CT molecular complexity index is 862. The molecule has 0 saturated carbocycles. The lowest BCUT2D eigenvalue weighted by molar-refractivity contribution is -0.384. The first-order valence-corrected chi connectivity index (χ1v) is 7.15. The first-order valence-electron chi connectivity index (χ1n) is 7.15. The molecule has 0 aliphatic carbocycles. The van der Waals surface area contributed by atoms with Crippen molar-refractivity contribution in [3.8, 4) is 6.07 Å². The van der Waals surface area contributed by atoms with Crippen molar-refractivity contribution < 1.29 is 9.72 Å². The third-order valence-electron chi connectivity index (χ3n) is 3.43. The summed E-state index contributed by atoms with van der Waals surface area (Å²) in [6, 6.07) is 13.4. The van der Waals surface area contributed by atoms with E-state index in [4.69, 9.17) is 0 Å². The number of nitriles is 1. The number of anilines is 1. The van der Waals surface area contributed by atoms with Gasteiger partial charge in [0.2, 0.25) is 0 Å². The average molecular weight is 321 g/mol. The van der Waals surface area contributed by atoms with Crippen LogP contribution < -0.4 is 5.32 Å². The molecule has 0 aromatic heterocycles. The van der Waals surface area contributed by atoms with Gasteiger partial charge in [0.25, 0.3) is 11.6 Å². The third kappa shape index (κ3) is 4.05. The van der Waals surface area contributed by atoms with Crippen LogP contribution >= 0.6 is 0 Å². The quantitative estimate of drug-likeness (QED) is 0.401. The van der Waals surface area contributed by atoms with E-state index in [0.717, 1.165) is 11.1 Å².